The average Bonchev–Trinajstić information content (AvgIpc) is 2.50. The van der Waals surface area contributed by atoms with E-state index in [0.29, 0.717) is 0 Å². The highest BCUT2D eigenvalue weighted by molar-refractivity contribution is 6.58. The van der Waals surface area contributed by atoms with Crippen LogP contribution in [0.5, 0.6) is 0 Å². The van der Waals surface area contributed by atoms with Crippen LogP contribution < -0.4 is 5.46 Å². The van der Waals surface area contributed by atoms with E-state index in [1.807, 2.05) is 0 Å². The fourth-order valence-electron chi connectivity index (χ4n) is 1.14. The van der Waals surface area contributed by atoms with Gasteiger partial charge in [0.15, 0.2) is 0 Å². The Bertz CT molecular complexity index is 328. The molecule has 1 atom stereocenters. The van der Waals surface area contributed by atoms with E-state index in [1.165, 1.54) is 12.4 Å². The van der Waals surface area contributed by atoms with Crippen LogP contribution in [-0.2, 0) is 0 Å². The lowest BCUT2D eigenvalue weighted by molar-refractivity contribution is 0.0983. The van der Waals surface area contributed by atoms with Crippen molar-refractivity contribution in [3.63, 3.8) is 0 Å². The molecule has 1 fully saturated rings. The van der Waals surface area contributed by atoms with E-state index in [1.54, 1.807) is 0 Å². The van der Waals surface area contributed by atoms with Crippen LogP contribution in [0.15, 0.2) is 12.4 Å². The Morgan fingerprint density at radius 2 is 2.23 bits per heavy atom. The van der Waals surface area contributed by atoms with Crippen molar-refractivity contribution >= 4 is 12.6 Å². The molecule has 2 rings (SSSR count). The van der Waals surface area contributed by atoms with Crippen molar-refractivity contribution in [2.24, 2.45) is 0 Å². The molecule has 0 amide bonds. The van der Waals surface area contributed by atoms with E-state index in [0.717, 1.165) is 4.68 Å². The van der Waals surface area contributed by atoms with Gasteiger partial charge in [-0.05, 0) is 0 Å². The van der Waals surface area contributed by atoms with Gasteiger partial charge in [-0.1, -0.05) is 0 Å². The summed E-state index contributed by atoms with van der Waals surface area (Å²) in [6.45, 7) is 0. The van der Waals surface area contributed by atoms with Crippen LogP contribution in [0.4, 0.5) is 8.78 Å². The monoisotopic (exact) mass is 188 g/mol. The topological polar surface area (TPSA) is 58.3 Å². The average molecular weight is 188 g/mol. The molecule has 1 heterocycles. The number of rotatable bonds is 2. The first kappa shape index (κ1) is 8.64. The summed E-state index contributed by atoms with van der Waals surface area (Å²) in [5, 5.41) is 21.0. The number of nitrogens with zero attached hydrogens (tertiary/aromatic N) is 2. The molecule has 1 saturated carbocycles. The fourth-order valence-corrected chi connectivity index (χ4v) is 1.14. The minimum Gasteiger partial charge on any atom is -0.423 e. The maximum absolute atomic E-state index is 12.5. The minimum atomic E-state index is -2.69. The normalized spacial score (nSPS) is 24.5. The number of hydrogen-bond donors (Lipinski definition) is 2. The van der Waals surface area contributed by atoms with E-state index in [2.05, 4.69) is 5.10 Å². The molecule has 4 nitrogen and oxygen atoms in total. The van der Waals surface area contributed by atoms with E-state index < -0.39 is 19.1 Å². The van der Waals surface area contributed by atoms with Gasteiger partial charge in [-0.3, -0.25) is 4.68 Å². The number of aromatic nitrogens is 2. The predicted molar refractivity (Wildman–Crippen MR) is 40.7 cm³/mol. The molecule has 13 heavy (non-hydrogen) atoms. The van der Waals surface area contributed by atoms with Gasteiger partial charge >= 0.3 is 7.12 Å². The molecule has 70 valence electrons. The van der Waals surface area contributed by atoms with Crippen LogP contribution in [0, 0.1) is 0 Å². The van der Waals surface area contributed by atoms with E-state index in [4.69, 9.17) is 10.0 Å². The Hall–Kier alpha value is -0.945. The lowest BCUT2D eigenvalue weighted by Crippen LogP contribution is -2.28. The van der Waals surface area contributed by atoms with E-state index >= 15 is 0 Å². The molecule has 0 aromatic carbocycles. The van der Waals surface area contributed by atoms with E-state index in [-0.39, 0.29) is 11.9 Å². The van der Waals surface area contributed by atoms with Gasteiger partial charge in [0.05, 0.1) is 0 Å². The van der Waals surface area contributed by atoms with Gasteiger partial charge in [0, 0.05) is 24.3 Å². The van der Waals surface area contributed by atoms with Crippen LogP contribution in [0.1, 0.15) is 12.5 Å². The molecule has 2 N–H and O–H groups in total. The number of hydrogen-bond acceptors (Lipinski definition) is 3. The zero-order valence-corrected chi connectivity index (χ0v) is 6.56. The summed E-state index contributed by atoms with van der Waals surface area (Å²) in [5.74, 6) is -2.69. The van der Waals surface area contributed by atoms with Gasteiger partial charge in [0.25, 0.3) is 5.92 Å². The van der Waals surface area contributed by atoms with Crippen molar-refractivity contribution in [3.8, 4) is 0 Å². The van der Waals surface area contributed by atoms with Crippen molar-refractivity contribution in [3.05, 3.63) is 12.4 Å². The van der Waals surface area contributed by atoms with Crippen LogP contribution in [0.3, 0.4) is 0 Å². The summed E-state index contributed by atoms with van der Waals surface area (Å²) in [5.41, 5.74) is 0.127. The van der Waals surface area contributed by atoms with Crippen LogP contribution >= 0.6 is 0 Å². The molecule has 0 bridgehead atoms. The summed E-state index contributed by atoms with van der Waals surface area (Å²) in [6.07, 6.45) is 2.16. The van der Waals surface area contributed by atoms with Crippen molar-refractivity contribution in [1.82, 2.24) is 9.78 Å². The number of alkyl halides is 2. The quantitative estimate of drug-likeness (QED) is 0.593. The maximum atomic E-state index is 12.5. The van der Waals surface area contributed by atoms with Crippen LogP contribution in [0.25, 0.3) is 0 Å². The summed E-state index contributed by atoms with van der Waals surface area (Å²) >= 11 is 0. The summed E-state index contributed by atoms with van der Waals surface area (Å²) in [7, 11) is -1.65. The highest BCUT2D eigenvalue weighted by Gasteiger charge is 2.59. The van der Waals surface area contributed by atoms with Crippen molar-refractivity contribution in [1.29, 1.82) is 0 Å². The molecule has 0 saturated heterocycles. The molecule has 0 spiro atoms. The van der Waals surface area contributed by atoms with E-state index in [9.17, 15) is 8.78 Å². The highest BCUT2D eigenvalue weighted by atomic mass is 19.3. The third kappa shape index (κ3) is 1.44. The molecule has 1 aromatic heterocycles. The highest BCUT2D eigenvalue weighted by Crippen LogP contribution is 2.51. The van der Waals surface area contributed by atoms with Gasteiger partial charge in [-0.15, -0.1) is 0 Å². The van der Waals surface area contributed by atoms with Gasteiger partial charge in [0.1, 0.15) is 6.04 Å². The largest absolute Gasteiger partial charge is 0.491 e. The number of halogens is 2. The first-order valence-corrected chi connectivity index (χ1v) is 3.79. The lowest BCUT2D eigenvalue weighted by Gasteiger charge is -1.97. The Labute approximate surface area is 72.9 Å². The smallest absolute Gasteiger partial charge is 0.423 e. The van der Waals surface area contributed by atoms with Crippen molar-refractivity contribution in [2.75, 3.05) is 0 Å². The first-order valence-electron chi connectivity index (χ1n) is 3.79. The second-order valence-electron chi connectivity index (χ2n) is 3.11. The Morgan fingerprint density at radius 3 is 2.62 bits per heavy atom. The molecule has 0 aliphatic heterocycles. The van der Waals surface area contributed by atoms with Crippen molar-refractivity contribution < 1.29 is 18.8 Å². The molecule has 1 aliphatic rings. The van der Waals surface area contributed by atoms with Gasteiger partial charge in [-0.2, -0.15) is 5.10 Å². The van der Waals surface area contributed by atoms with Crippen molar-refractivity contribution in [2.45, 2.75) is 18.4 Å². The van der Waals surface area contributed by atoms with Gasteiger partial charge in [-0.25, -0.2) is 8.78 Å². The molecule has 1 aromatic rings. The molecule has 0 radical (unpaired) electrons. The SMILES string of the molecule is OB(O)c1cnn(C2CC2(F)F)c1. The summed E-state index contributed by atoms with van der Waals surface area (Å²) in [4.78, 5) is 0. The van der Waals surface area contributed by atoms with Gasteiger partial charge in [0.2, 0.25) is 0 Å². The zero-order chi connectivity index (χ0) is 9.64. The molecule has 1 unspecified atom stereocenters. The zero-order valence-electron chi connectivity index (χ0n) is 6.56. The maximum Gasteiger partial charge on any atom is 0.491 e. The molecular weight excluding hydrogens is 181 g/mol. The second kappa shape index (κ2) is 2.52. The second-order valence-corrected chi connectivity index (χ2v) is 3.11. The van der Waals surface area contributed by atoms with Gasteiger partial charge < -0.3 is 10.0 Å². The molecular formula is C6H7BF2N2O2. The van der Waals surface area contributed by atoms with Crippen LogP contribution in [0.2, 0.25) is 0 Å². The first-order chi connectivity index (χ1) is 6.00. The Morgan fingerprint density at radius 1 is 1.62 bits per heavy atom. The minimum absolute atomic E-state index is 0.127. The predicted octanol–water partition coefficient (Wildman–Crippen LogP) is -0.857. The molecule has 7 heteroatoms. The fraction of sp³-hybridized carbons (Fsp3) is 0.500. The van der Waals surface area contributed by atoms with Crippen LogP contribution in [-0.4, -0.2) is 32.9 Å². The lowest BCUT2D eigenvalue weighted by atomic mass is 9.83. The third-order valence-corrected chi connectivity index (χ3v) is 2.03. The standard InChI is InChI=1S/C6H7BF2N2O2/c8-6(9)1-5(6)11-3-4(2-10-11)7(12)13/h2-3,5,12-13H,1H2. The molecule has 1 aliphatic carbocycles. The summed E-state index contributed by atoms with van der Waals surface area (Å²) in [6, 6.07) is -0.917. The summed E-state index contributed by atoms with van der Waals surface area (Å²) < 4.78 is 26.1. The Kier molecular flexibility index (Phi) is 1.68. The Balaban J connectivity index is 2.16. The third-order valence-electron chi connectivity index (χ3n) is 2.03.